The molecule has 0 amide bonds. The maximum atomic E-state index is 5.35. The monoisotopic (exact) mass is 543 g/mol. The summed E-state index contributed by atoms with van der Waals surface area (Å²) in [5, 5.41) is 6.88. The van der Waals surface area contributed by atoms with Crippen molar-refractivity contribution in [1.82, 2.24) is 15.2 Å². The van der Waals surface area contributed by atoms with Crippen molar-refractivity contribution in [3.05, 3.63) is 40.3 Å². The molecule has 6 nitrogen and oxygen atoms in total. The summed E-state index contributed by atoms with van der Waals surface area (Å²) < 4.78 is 5.35. The average Bonchev–Trinajstić information content (AvgIpc) is 3.21. The molecule has 3 rings (SSSR count). The number of guanidine groups is 1. The van der Waals surface area contributed by atoms with Crippen LogP contribution in [-0.2, 0) is 11.8 Å². The number of benzene rings is 1. The number of anilines is 1. The SMILES string of the molecule is CN=C(NCCc1nc(C(C)(C)C)cs1)N1CCN(c2cccc(OC)c2)CC1.I. The van der Waals surface area contributed by atoms with Crippen molar-refractivity contribution in [3.8, 4) is 5.75 Å². The molecular weight excluding hydrogens is 509 g/mol. The first kappa shape index (κ1) is 24.7. The molecule has 1 N–H and O–H groups in total. The first-order chi connectivity index (χ1) is 13.9. The number of nitrogens with zero attached hydrogens (tertiary/aromatic N) is 4. The van der Waals surface area contributed by atoms with Crippen LogP contribution in [0.25, 0.3) is 0 Å². The molecule has 8 heteroatoms. The summed E-state index contributed by atoms with van der Waals surface area (Å²) in [6.45, 7) is 11.3. The predicted molar refractivity (Wildman–Crippen MR) is 138 cm³/mol. The normalized spacial score (nSPS) is 15.0. The van der Waals surface area contributed by atoms with E-state index in [9.17, 15) is 0 Å². The number of aromatic nitrogens is 1. The number of aliphatic imine (C=N–C) groups is 1. The highest BCUT2D eigenvalue weighted by Crippen LogP contribution is 2.24. The molecule has 166 valence electrons. The van der Waals surface area contributed by atoms with Crippen LogP contribution < -0.4 is 15.0 Å². The number of piperazine rings is 1. The van der Waals surface area contributed by atoms with Crippen molar-refractivity contribution in [2.45, 2.75) is 32.6 Å². The maximum Gasteiger partial charge on any atom is 0.193 e. The van der Waals surface area contributed by atoms with Gasteiger partial charge in [-0.05, 0) is 12.1 Å². The Morgan fingerprint density at radius 3 is 2.57 bits per heavy atom. The third kappa shape index (κ3) is 6.47. The summed E-state index contributed by atoms with van der Waals surface area (Å²) in [5.41, 5.74) is 2.50. The van der Waals surface area contributed by atoms with E-state index >= 15 is 0 Å². The summed E-state index contributed by atoms with van der Waals surface area (Å²) in [5.74, 6) is 1.88. The van der Waals surface area contributed by atoms with Crippen LogP contribution in [0.1, 0.15) is 31.5 Å². The molecule has 30 heavy (non-hydrogen) atoms. The van der Waals surface area contributed by atoms with E-state index in [0.29, 0.717) is 0 Å². The van der Waals surface area contributed by atoms with E-state index in [4.69, 9.17) is 9.72 Å². The van der Waals surface area contributed by atoms with Crippen molar-refractivity contribution < 1.29 is 4.74 Å². The molecular formula is C22H34IN5OS. The van der Waals surface area contributed by atoms with Gasteiger partial charge in [-0.1, -0.05) is 26.8 Å². The first-order valence-electron chi connectivity index (χ1n) is 10.2. The molecule has 1 saturated heterocycles. The molecule has 1 aromatic carbocycles. The number of hydrogen-bond acceptors (Lipinski definition) is 5. The lowest BCUT2D eigenvalue weighted by Gasteiger charge is -2.37. The van der Waals surface area contributed by atoms with Crippen LogP contribution in [0.4, 0.5) is 5.69 Å². The Hall–Kier alpha value is -1.55. The standard InChI is InChI=1S/C22H33N5OS.HI/c1-22(2,3)19-16-29-20(25-19)9-10-24-21(23-4)27-13-11-26(12-14-27)17-7-6-8-18(15-17)28-5;/h6-8,15-16H,9-14H2,1-5H3,(H,23,24);1H. The topological polar surface area (TPSA) is 53.0 Å². The highest BCUT2D eigenvalue weighted by atomic mass is 127. The molecule has 0 aliphatic carbocycles. The van der Waals surface area contributed by atoms with Crippen LogP contribution in [0, 0.1) is 0 Å². The van der Waals surface area contributed by atoms with E-state index in [1.165, 1.54) is 16.4 Å². The molecule has 1 aromatic heterocycles. The van der Waals surface area contributed by atoms with Gasteiger partial charge in [-0.25, -0.2) is 4.98 Å². The fourth-order valence-electron chi connectivity index (χ4n) is 3.37. The largest absolute Gasteiger partial charge is 0.497 e. The molecule has 0 unspecified atom stereocenters. The molecule has 1 fully saturated rings. The van der Waals surface area contributed by atoms with Gasteiger partial charge in [0.2, 0.25) is 0 Å². The zero-order valence-electron chi connectivity index (χ0n) is 18.6. The predicted octanol–water partition coefficient (Wildman–Crippen LogP) is 4.01. The molecule has 2 heterocycles. The van der Waals surface area contributed by atoms with Crippen molar-refractivity contribution in [2.24, 2.45) is 4.99 Å². The van der Waals surface area contributed by atoms with Crippen LogP contribution in [0.2, 0.25) is 0 Å². The Morgan fingerprint density at radius 2 is 1.97 bits per heavy atom. The smallest absolute Gasteiger partial charge is 0.193 e. The molecule has 0 atom stereocenters. The van der Waals surface area contributed by atoms with Crippen LogP contribution in [-0.4, -0.2) is 62.7 Å². The lowest BCUT2D eigenvalue weighted by molar-refractivity contribution is 0.372. The zero-order valence-corrected chi connectivity index (χ0v) is 21.8. The van der Waals surface area contributed by atoms with Gasteiger partial charge in [0.05, 0.1) is 17.8 Å². The second-order valence-electron chi connectivity index (χ2n) is 8.28. The molecule has 0 radical (unpaired) electrons. The molecule has 0 spiro atoms. The first-order valence-corrected chi connectivity index (χ1v) is 11.1. The quantitative estimate of drug-likeness (QED) is 0.351. The number of rotatable bonds is 5. The average molecular weight is 544 g/mol. The number of methoxy groups -OCH3 is 1. The van der Waals surface area contributed by atoms with Gasteiger partial charge >= 0.3 is 0 Å². The minimum absolute atomic E-state index is 0. The molecule has 1 aliphatic rings. The number of ether oxygens (including phenoxy) is 1. The summed E-state index contributed by atoms with van der Waals surface area (Å²) in [6.07, 6.45) is 0.920. The van der Waals surface area contributed by atoms with Crippen molar-refractivity contribution >= 4 is 47.0 Å². The van der Waals surface area contributed by atoms with Crippen molar-refractivity contribution in [2.75, 3.05) is 51.8 Å². The summed E-state index contributed by atoms with van der Waals surface area (Å²) in [6, 6.07) is 8.27. The minimum atomic E-state index is 0. The molecule has 2 aromatic rings. The van der Waals surface area contributed by atoms with Gasteiger partial charge in [-0.15, -0.1) is 35.3 Å². The van der Waals surface area contributed by atoms with Gasteiger partial charge < -0.3 is 19.9 Å². The van der Waals surface area contributed by atoms with Crippen LogP contribution >= 0.6 is 35.3 Å². The fourth-order valence-corrected chi connectivity index (χ4v) is 4.39. The van der Waals surface area contributed by atoms with E-state index in [1.807, 2.05) is 19.2 Å². The third-order valence-electron chi connectivity index (χ3n) is 5.15. The Bertz CT molecular complexity index is 825. The summed E-state index contributed by atoms with van der Waals surface area (Å²) in [4.78, 5) is 14.0. The van der Waals surface area contributed by atoms with Gasteiger partial charge in [-0.2, -0.15) is 0 Å². The number of nitrogens with one attached hydrogen (secondary N) is 1. The van der Waals surface area contributed by atoms with Gasteiger partial charge in [0.1, 0.15) is 5.75 Å². The number of thiazole rings is 1. The lowest BCUT2D eigenvalue weighted by Crippen LogP contribution is -2.52. The van der Waals surface area contributed by atoms with E-state index in [1.54, 1.807) is 18.4 Å². The van der Waals surface area contributed by atoms with Gasteiger partial charge in [0.25, 0.3) is 0 Å². The second-order valence-corrected chi connectivity index (χ2v) is 9.22. The molecule has 0 bridgehead atoms. The lowest BCUT2D eigenvalue weighted by atomic mass is 9.93. The highest BCUT2D eigenvalue weighted by molar-refractivity contribution is 14.0. The van der Waals surface area contributed by atoms with E-state index < -0.39 is 0 Å². The van der Waals surface area contributed by atoms with Crippen LogP contribution in [0.5, 0.6) is 5.75 Å². The van der Waals surface area contributed by atoms with E-state index in [-0.39, 0.29) is 29.4 Å². The number of hydrogen-bond donors (Lipinski definition) is 1. The van der Waals surface area contributed by atoms with E-state index in [0.717, 1.165) is 50.9 Å². The minimum Gasteiger partial charge on any atom is -0.497 e. The second kappa shape index (κ2) is 11.2. The summed E-state index contributed by atoms with van der Waals surface area (Å²) in [7, 11) is 3.57. The Balaban J connectivity index is 0.00000320. The van der Waals surface area contributed by atoms with Crippen molar-refractivity contribution in [3.63, 3.8) is 0 Å². The summed E-state index contributed by atoms with van der Waals surface area (Å²) >= 11 is 1.75. The fraction of sp³-hybridized carbons (Fsp3) is 0.545. The van der Waals surface area contributed by atoms with E-state index in [2.05, 4.69) is 58.4 Å². The van der Waals surface area contributed by atoms with Crippen LogP contribution in [0.15, 0.2) is 34.6 Å². The third-order valence-corrected chi connectivity index (χ3v) is 6.06. The Labute approximate surface area is 201 Å². The van der Waals surface area contributed by atoms with Crippen LogP contribution in [0.3, 0.4) is 0 Å². The van der Waals surface area contributed by atoms with Gasteiger partial charge in [0, 0.05) is 68.7 Å². The number of halogens is 1. The Kier molecular flexibility index (Phi) is 9.21. The zero-order chi connectivity index (χ0) is 20.9. The Morgan fingerprint density at radius 1 is 1.23 bits per heavy atom. The molecule has 1 aliphatic heterocycles. The van der Waals surface area contributed by atoms with Gasteiger partial charge in [-0.3, -0.25) is 4.99 Å². The maximum absolute atomic E-state index is 5.35. The highest BCUT2D eigenvalue weighted by Gasteiger charge is 2.20. The van der Waals surface area contributed by atoms with Crippen molar-refractivity contribution in [1.29, 1.82) is 0 Å². The van der Waals surface area contributed by atoms with Gasteiger partial charge in [0.15, 0.2) is 5.96 Å². The molecule has 0 saturated carbocycles.